The molecule has 1 unspecified atom stereocenters. The van der Waals surface area contributed by atoms with E-state index < -0.39 is 0 Å². The maximum Gasteiger partial charge on any atom is 0.252 e. The van der Waals surface area contributed by atoms with Crippen LogP contribution in [-0.4, -0.2) is 49.4 Å². The third kappa shape index (κ3) is 4.14. The minimum absolute atomic E-state index is 0.0602. The second-order valence-corrected chi connectivity index (χ2v) is 9.76. The smallest absolute Gasteiger partial charge is 0.252 e. The molecule has 36 heavy (non-hydrogen) atoms. The Morgan fingerprint density at radius 2 is 1.92 bits per heavy atom. The van der Waals surface area contributed by atoms with Crippen LogP contribution in [0.2, 0.25) is 0 Å². The molecule has 8 nitrogen and oxygen atoms in total. The summed E-state index contributed by atoms with van der Waals surface area (Å²) in [5.41, 5.74) is 4.59. The van der Waals surface area contributed by atoms with Crippen LogP contribution in [0.4, 0.5) is 5.69 Å². The predicted molar refractivity (Wildman–Crippen MR) is 143 cm³/mol. The number of pyridine rings is 2. The molecule has 4 heterocycles. The lowest BCUT2D eigenvalue weighted by atomic mass is 9.96. The van der Waals surface area contributed by atoms with Crippen molar-refractivity contribution >= 4 is 27.6 Å². The molecule has 3 atom stereocenters. The van der Waals surface area contributed by atoms with Gasteiger partial charge in [0, 0.05) is 55.9 Å². The summed E-state index contributed by atoms with van der Waals surface area (Å²) in [4.78, 5) is 22.6. The van der Waals surface area contributed by atoms with Crippen molar-refractivity contribution in [3.8, 4) is 6.07 Å². The number of aromatic nitrogens is 4. The summed E-state index contributed by atoms with van der Waals surface area (Å²) in [6.07, 6.45) is 5.76. The number of nitriles is 1. The molecular formula is C28H33N7O. The maximum atomic E-state index is 12.9. The van der Waals surface area contributed by atoms with E-state index in [9.17, 15) is 4.79 Å². The van der Waals surface area contributed by atoms with E-state index in [1.165, 1.54) is 5.56 Å². The molecule has 1 fully saturated rings. The largest absolute Gasteiger partial charge is 0.364 e. The van der Waals surface area contributed by atoms with Crippen LogP contribution in [0.25, 0.3) is 21.9 Å². The molecule has 0 saturated carbocycles. The molecule has 0 N–H and O–H groups in total. The number of anilines is 1. The molecule has 1 aliphatic rings. The quantitative estimate of drug-likeness (QED) is 0.408. The molecule has 1 aromatic carbocycles. The highest BCUT2D eigenvalue weighted by Gasteiger charge is 2.36. The third-order valence-electron chi connectivity index (χ3n) is 7.75. The molecule has 8 heteroatoms. The third-order valence-corrected chi connectivity index (χ3v) is 7.75. The van der Waals surface area contributed by atoms with E-state index in [1.807, 2.05) is 18.3 Å². The molecule has 0 amide bonds. The van der Waals surface area contributed by atoms with Crippen molar-refractivity contribution in [3.63, 3.8) is 0 Å². The average Bonchev–Trinajstić information content (AvgIpc) is 3.33. The van der Waals surface area contributed by atoms with Gasteiger partial charge in [-0.25, -0.2) is 0 Å². The number of fused-ring (bicyclic) bond motifs is 2. The molecule has 0 spiro atoms. The van der Waals surface area contributed by atoms with Crippen LogP contribution < -0.4 is 10.5 Å². The second kappa shape index (κ2) is 9.75. The molecule has 0 bridgehead atoms. The van der Waals surface area contributed by atoms with Gasteiger partial charge in [-0.3, -0.25) is 19.4 Å². The van der Waals surface area contributed by atoms with Gasteiger partial charge in [-0.1, -0.05) is 32.0 Å². The molecule has 1 aliphatic heterocycles. The van der Waals surface area contributed by atoms with Gasteiger partial charge in [0.15, 0.2) is 0 Å². The van der Waals surface area contributed by atoms with Gasteiger partial charge in [-0.2, -0.15) is 10.4 Å². The fourth-order valence-corrected chi connectivity index (χ4v) is 5.57. The highest BCUT2D eigenvalue weighted by molar-refractivity contribution is 5.88. The van der Waals surface area contributed by atoms with Crippen LogP contribution in [0.1, 0.15) is 45.2 Å². The van der Waals surface area contributed by atoms with Crippen LogP contribution in [0.15, 0.2) is 53.6 Å². The molecule has 186 valence electrons. The molecular weight excluding hydrogens is 450 g/mol. The van der Waals surface area contributed by atoms with Gasteiger partial charge in [0.05, 0.1) is 29.0 Å². The summed E-state index contributed by atoms with van der Waals surface area (Å²) in [5.74, 6) is 0. The van der Waals surface area contributed by atoms with Crippen LogP contribution in [0, 0.1) is 11.3 Å². The Kier molecular flexibility index (Phi) is 6.50. The topological polar surface area (TPSA) is 83.0 Å². The molecule has 4 aromatic rings. The van der Waals surface area contributed by atoms with Gasteiger partial charge in [-0.15, -0.1) is 0 Å². The van der Waals surface area contributed by atoms with Crippen molar-refractivity contribution in [2.45, 2.75) is 58.3 Å². The molecule has 3 aromatic heterocycles. The zero-order chi connectivity index (χ0) is 25.4. The fraction of sp³-hybridized carbons (Fsp3) is 0.429. The van der Waals surface area contributed by atoms with Gasteiger partial charge >= 0.3 is 0 Å². The molecule has 0 aliphatic carbocycles. The van der Waals surface area contributed by atoms with Crippen molar-refractivity contribution in [2.75, 3.05) is 18.0 Å². The number of hydrogen-bond donors (Lipinski definition) is 0. The predicted octanol–water partition coefficient (Wildman–Crippen LogP) is 4.25. The highest BCUT2D eigenvalue weighted by Crippen LogP contribution is 2.34. The summed E-state index contributed by atoms with van der Waals surface area (Å²) in [5, 5.41) is 15.0. The van der Waals surface area contributed by atoms with Gasteiger partial charge in [-0.05, 0) is 37.5 Å². The number of nitrogens with zero attached hydrogens (tertiary/aromatic N) is 7. The molecule has 1 saturated heterocycles. The van der Waals surface area contributed by atoms with Crippen molar-refractivity contribution < 1.29 is 0 Å². The second-order valence-electron chi connectivity index (χ2n) is 9.76. The van der Waals surface area contributed by atoms with Crippen LogP contribution in [0.5, 0.6) is 0 Å². The standard InChI is InChI=1S/C28H33N7O/c1-5-22-17-35(25-14-27(36)32(4)26-18-33(12-11-29)31-28(25)26)23(6-2)16-34(22)19(3)21-13-20-9-7-8-10-24(20)30-15-21/h7-10,13-15,18-19,22-23H,5-6,12,16-17H2,1-4H3/t19?,22-,23+/m1/s1. The van der Waals surface area contributed by atoms with E-state index in [1.54, 1.807) is 28.6 Å². The van der Waals surface area contributed by atoms with Gasteiger partial charge in [0.2, 0.25) is 0 Å². The summed E-state index contributed by atoms with van der Waals surface area (Å²) in [7, 11) is 1.76. The Morgan fingerprint density at radius 3 is 2.67 bits per heavy atom. The van der Waals surface area contributed by atoms with Crippen LogP contribution >= 0.6 is 0 Å². The summed E-state index contributed by atoms with van der Waals surface area (Å²) in [6, 6.07) is 15.1. The summed E-state index contributed by atoms with van der Waals surface area (Å²) >= 11 is 0. The number of aryl methyl sites for hydroxylation is 1. The van der Waals surface area contributed by atoms with Crippen molar-refractivity contribution in [3.05, 3.63) is 64.7 Å². The summed E-state index contributed by atoms with van der Waals surface area (Å²) < 4.78 is 3.24. The van der Waals surface area contributed by atoms with Crippen LogP contribution in [0.3, 0.4) is 0 Å². The first kappa shape index (κ1) is 24.0. The normalized spacial score (nSPS) is 19.6. The lowest BCUT2D eigenvalue weighted by molar-refractivity contribution is 0.101. The maximum absolute atomic E-state index is 12.9. The Balaban J connectivity index is 1.51. The van der Waals surface area contributed by atoms with E-state index >= 15 is 0 Å². The monoisotopic (exact) mass is 483 g/mol. The molecule has 5 rings (SSSR count). The first-order valence-electron chi connectivity index (χ1n) is 12.8. The minimum Gasteiger partial charge on any atom is -0.364 e. The first-order valence-corrected chi connectivity index (χ1v) is 12.8. The van der Waals surface area contributed by atoms with Crippen molar-refractivity contribution in [1.82, 2.24) is 24.2 Å². The van der Waals surface area contributed by atoms with Gasteiger partial charge in [0.25, 0.3) is 5.56 Å². The molecule has 0 radical (unpaired) electrons. The Hall–Kier alpha value is -3.70. The Labute approximate surface area is 211 Å². The van der Waals surface area contributed by atoms with Crippen LogP contribution in [-0.2, 0) is 13.6 Å². The average molecular weight is 484 g/mol. The van der Waals surface area contributed by atoms with E-state index in [2.05, 4.69) is 54.8 Å². The SMILES string of the molecule is CC[C@H]1CN(C(C)c2cnc3ccccc3c2)[C@H](CC)CN1c1cc(=O)n(C)c2cn(CC#N)nc12. The number of benzene rings is 1. The van der Waals surface area contributed by atoms with Crippen molar-refractivity contribution in [1.29, 1.82) is 5.26 Å². The summed E-state index contributed by atoms with van der Waals surface area (Å²) in [6.45, 7) is 8.57. The van der Waals surface area contributed by atoms with E-state index in [4.69, 9.17) is 15.3 Å². The number of piperazine rings is 1. The Morgan fingerprint density at radius 1 is 1.14 bits per heavy atom. The lowest BCUT2D eigenvalue weighted by Gasteiger charge is -2.49. The van der Waals surface area contributed by atoms with Gasteiger partial charge in [0.1, 0.15) is 12.1 Å². The zero-order valence-corrected chi connectivity index (χ0v) is 21.4. The Bertz CT molecular complexity index is 1500. The zero-order valence-electron chi connectivity index (χ0n) is 21.4. The minimum atomic E-state index is -0.0602. The van der Waals surface area contributed by atoms with Gasteiger partial charge < -0.3 is 9.47 Å². The fourth-order valence-electron chi connectivity index (χ4n) is 5.57. The van der Waals surface area contributed by atoms with E-state index in [0.29, 0.717) is 6.04 Å². The highest BCUT2D eigenvalue weighted by atomic mass is 16.1. The number of rotatable bonds is 6. The number of hydrogen-bond acceptors (Lipinski definition) is 6. The van der Waals surface area contributed by atoms with Crippen molar-refractivity contribution in [2.24, 2.45) is 7.05 Å². The number of para-hydroxylation sites is 1. The van der Waals surface area contributed by atoms with E-state index in [0.717, 1.165) is 53.6 Å². The van der Waals surface area contributed by atoms with E-state index in [-0.39, 0.29) is 24.2 Å². The first-order chi connectivity index (χ1) is 17.4. The lowest BCUT2D eigenvalue weighted by Crippen LogP contribution is -2.58.